The van der Waals surface area contributed by atoms with E-state index in [9.17, 15) is 14.4 Å². The first-order valence-corrected chi connectivity index (χ1v) is 11.2. The summed E-state index contributed by atoms with van der Waals surface area (Å²) in [5, 5.41) is 0.646. The molecule has 35 heavy (non-hydrogen) atoms. The Morgan fingerprint density at radius 1 is 0.914 bits per heavy atom. The van der Waals surface area contributed by atoms with Crippen LogP contribution in [0.4, 0.5) is 0 Å². The first-order chi connectivity index (χ1) is 17.1. The molecule has 5 rings (SSSR count). The Hall–Kier alpha value is -4.53. The van der Waals surface area contributed by atoms with Gasteiger partial charge in [-0.15, -0.1) is 0 Å². The van der Waals surface area contributed by atoms with E-state index in [2.05, 4.69) is 9.97 Å². The van der Waals surface area contributed by atoms with Crippen molar-refractivity contribution < 1.29 is 23.5 Å². The highest BCUT2D eigenvalue weighted by Gasteiger charge is 2.27. The number of fused-ring (bicyclic) bond motifs is 1. The summed E-state index contributed by atoms with van der Waals surface area (Å²) in [7, 11) is 0. The lowest BCUT2D eigenvalue weighted by atomic mass is 10.0. The zero-order chi connectivity index (χ0) is 24.2. The zero-order valence-electron chi connectivity index (χ0n) is 18.8. The molecule has 3 aromatic heterocycles. The maximum Gasteiger partial charge on any atom is 0.339 e. The number of hydrogen-bond acceptors (Lipinski definition) is 7. The smallest absolute Gasteiger partial charge is 0.339 e. The van der Waals surface area contributed by atoms with Gasteiger partial charge in [-0.05, 0) is 36.4 Å². The number of amides is 2. The molecule has 0 N–H and O–H groups in total. The van der Waals surface area contributed by atoms with Gasteiger partial charge in [-0.3, -0.25) is 14.6 Å². The number of rotatable bonds is 5. The van der Waals surface area contributed by atoms with Gasteiger partial charge in [0.15, 0.2) is 12.4 Å². The number of carbonyl (C=O) groups excluding carboxylic acids is 3. The van der Waals surface area contributed by atoms with Crippen LogP contribution in [0, 0.1) is 0 Å². The minimum atomic E-state index is -0.598. The van der Waals surface area contributed by atoms with Crippen LogP contribution >= 0.6 is 0 Å². The summed E-state index contributed by atoms with van der Waals surface area (Å²) < 4.78 is 10.6. The third kappa shape index (κ3) is 4.74. The Morgan fingerprint density at radius 2 is 1.66 bits per heavy atom. The Morgan fingerprint density at radius 3 is 2.40 bits per heavy atom. The average Bonchev–Trinajstić information content (AvgIpc) is 3.46. The fourth-order valence-corrected chi connectivity index (χ4v) is 4.03. The lowest BCUT2D eigenvalue weighted by molar-refractivity contribution is -0.136. The largest absolute Gasteiger partial charge is 0.459 e. The molecule has 0 radical (unpaired) electrons. The summed E-state index contributed by atoms with van der Waals surface area (Å²) in [6, 6.07) is 15.9. The zero-order valence-corrected chi connectivity index (χ0v) is 18.8. The predicted molar refractivity (Wildman–Crippen MR) is 126 cm³/mol. The van der Waals surface area contributed by atoms with E-state index in [1.807, 2.05) is 30.3 Å². The Balaban J connectivity index is 1.24. The van der Waals surface area contributed by atoms with Gasteiger partial charge in [0.25, 0.3) is 11.8 Å². The van der Waals surface area contributed by atoms with Crippen molar-refractivity contribution in [3.8, 4) is 11.3 Å². The van der Waals surface area contributed by atoms with Crippen molar-refractivity contribution in [2.75, 3.05) is 32.8 Å². The standard InChI is InChI=1S/C26H22N4O5/c31-24(29-11-13-30(14-12-29)25(32)23-6-3-15-34-23)17-35-26(33)20-16-22(18-7-9-27-10-8-18)28-21-5-2-1-4-19(20)21/h1-10,15-16H,11-14,17H2. The molecule has 176 valence electrons. The van der Waals surface area contributed by atoms with E-state index in [1.165, 1.54) is 6.26 Å². The summed E-state index contributed by atoms with van der Waals surface area (Å²) >= 11 is 0. The third-order valence-corrected chi connectivity index (χ3v) is 5.89. The maximum absolute atomic E-state index is 13.0. The van der Waals surface area contributed by atoms with E-state index in [0.29, 0.717) is 48.3 Å². The predicted octanol–water partition coefficient (Wildman–Crippen LogP) is 3.03. The second-order valence-electron chi connectivity index (χ2n) is 8.03. The normalized spacial score (nSPS) is 13.6. The van der Waals surface area contributed by atoms with Gasteiger partial charge in [0.2, 0.25) is 0 Å². The van der Waals surface area contributed by atoms with Crippen molar-refractivity contribution in [2.45, 2.75) is 0 Å². The van der Waals surface area contributed by atoms with Crippen LogP contribution in [0.3, 0.4) is 0 Å². The minimum absolute atomic E-state index is 0.205. The summed E-state index contributed by atoms with van der Waals surface area (Å²) in [5.41, 5.74) is 2.42. The molecule has 0 atom stereocenters. The highest BCUT2D eigenvalue weighted by molar-refractivity contribution is 6.05. The number of ether oxygens (including phenoxy) is 1. The lowest BCUT2D eigenvalue weighted by Crippen LogP contribution is -2.51. The molecule has 2 amide bonds. The second-order valence-corrected chi connectivity index (χ2v) is 8.03. The number of aromatic nitrogens is 2. The fourth-order valence-electron chi connectivity index (χ4n) is 4.03. The number of furan rings is 1. The number of carbonyl (C=O) groups is 3. The summed E-state index contributed by atoms with van der Waals surface area (Å²) in [6.07, 6.45) is 4.77. The SMILES string of the molecule is O=C(OCC(=O)N1CCN(C(=O)c2ccco2)CC1)c1cc(-c2ccncc2)nc2ccccc12. The molecule has 1 aliphatic heterocycles. The fraction of sp³-hybridized carbons (Fsp3) is 0.192. The van der Waals surface area contributed by atoms with E-state index in [-0.39, 0.29) is 24.2 Å². The van der Waals surface area contributed by atoms with Gasteiger partial charge in [0.1, 0.15) is 0 Å². The molecular weight excluding hydrogens is 448 g/mol. The quantitative estimate of drug-likeness (QED) is 0.413. The molecule has 0 bridgehead atoms. The molecule has 9 nitrogen and oxygen atoms in total. The number of hydrogen-bond donors (Lipinski definition) is 0. The monoisotopic (exact) mass is 470 g/mol. The Kier molecular flexibility index (Phi) is 6.21. The molecule has 4 heterocycles. The first kappa shape index (κ1) is 22.3. The van der Waals surface area contributed by atoms with E-state index in [4.69, 9.17) is 9.15 Å². The van der Waals surface area contributed by atoms with Crippen molar-refractivity contribution in [2.24, 2.45) is 0 Å². The highest BCUT2D eigenvalue weighted by Crippen LogP contribution is 2.25. The number of piperazine rings is 1. The van der Waals surface area contributed by atoms with Crippen molar-refractivity contribution in [1.29, 1.82) is 0 Å². The molecule has 4 aromatic rings. The van der Waals surface area contributed by atoms with Crippen molar-refractivity contribution in [3.63, 3.8) is 0 Å². The molecule has 1 aliphatic rings. The second kappa shape index (κ2) is 9.76. The molecule has 0 saturated carbocycles. The number of nitrogens with zero attached hydrogens (tertiary/aromatic N) is 4. The van der Waals surface area contributed by atoms with Crippen LogP contribution in [-0.2, 0) is 9.53 Å². The molecule has 1 fully saturated rings. The maximum atomic E-state index is 13.0. The van der Waals surface area contributed by atoms with Crippen LogP contribution in [0.25, 0.3) is 22.2 Å². The van der Waals surface area contributed by atoms with Gasteiger partial charge < -0.3 is 19.0 Å². The topological polar surface area (TPSA) is 106 Å². The van der Waals surface area contributed by atoms with Gasteiger partial charge in [-0.2, -0.15) is 0 Å². The average molecular weight is 470 g/mol. The molecule has 9 heteroatoms. The van der Waals surface area contributed by atoms with Crippen LogP contribution < -0.4 is 0 Å². The Bertz CT molecular complexity index is 1360. The number of esters is 1. The van der Waals surface area contributed by atoms with Gasteiger partial charge >= 0.3 is 5.97 Å². The Labute approximate surface area is 200 Å². The summed E-state index contributed by atoms with van der Waals surface area (Å²) in [6.45, 7) is 1.08. The van der Waals surface area contributed by atoms with E-state index in [1.54, 1.807) is 46.5 Å². The van der Waals surface area contributed by atoms with Gasteiger partial charge in [-0.1, -0.05) is 18.2 Å². The molecule has 0 spiro atoms. The van der Waals surface area contributed by atoms with Crippen LogP contribution in [0.15, 0.2) is 77.7 Å². The van der Waals surface area contributed by atoms with Crippen LogP contribution in [0.2, 0.25) is 0 Å². The van der Waals surface area contributed by atoms with Crippen LogP contribution in [0.5, 0.6) is 0 Å². The lowest BCUT2D eigenvalue weighted by Gasteiger charge is -2.34. The van der Waals surface area contributed by atoms with Gasteiger partial charge in [0.05, 0.1) is 23.0 Å². The number of pyridine rings is 2. The van der Waals surface area contributed by atoms with E-state index >= 15 is 0 Å². The number of benzene rings is 1. The summed E-state index contributed by atoms with van der Waals surface area (Å²) in [4.78, 5) is 50.0. The van der Waals surface area contributed by atoms with Gasteiger partial charge in [-0.25, -0.2) is 9.78 Å². The van der Waals surface area contributed by atoms with Crippen molar-refractivity contribution in [3.05, 3.63) is 84.6 Å². The number of para-hydroxylation sites is 1. The molecule has 1 aromatic carbocycles. The van der Waals surface area contributed by atoms with E-state index < -0.39 is 5.97 Å². The van der Waals surface area contributed by atoms with Gasteiger partial charge in [0, 0.05) is 49.5 Å². The molecule has 0 aliphatic carbocycles. The third-order valence-electron chi connectivity index (χ3n) is 5.89. The van der Waals surface area contributed by atoms with E-state index in [0.717, 1.165) is 5.56 Å². The molecule has 0 unspecified atom stereocenters. The first-order valence-electron chi connectivity index (χ1n) is 11.2. The van der Waals surface area contributed by atoms with Crippen LogP contribution in [-0.4, -0.2) is 70.3 Å². The van der Waals surface area contributed by atoms with Crippen molar-refractivity contribution >= 4 is 28.7 Å². The highest BCUT2D eigenvalue weighted by atomic mass is 16.5. The molecule has 1 saturated heterocycles. The van der Waals surface area contributed by atoms with Crippen LogP contribution in [0.1, 0.15) is 20.9 Å². The minimum Gasteiger partial charge on any atom is -0.459 e. The molecular formula is C26H22N4O5. The summed E-state index contributed by atoms with van der Waals surface area (Å²) in [5.74, 6) is -0.840. The van der Waals surface area contributed by atoms with Crippen molar-refractivity contribution in [1.82, 2.24) is 19.8 Å².